The number of carbonyl (C=O) groups excluding carboxylic acids is 2. The fourth-order valence-corrected chi connectivity index (χ4v) is 4.20. The van der Waals surface area contributed by atoms with Crippen molar-refractivity contribution < 1.29 is 14.7 Å². The molecule has 0 aromatic heterocycles. The molecule has 5 heteroatoms. The van der Waals surface area contributed by atoms with Crippen molar-refractivity contribution in [2.24, 2.45) is 11.3 Å². The molecule has 1 spiro atoms. The predicted octanol–water partition coefficient (Wildman–Crippen LogP) is 1.17. The van der Waals surface area contributed by atoms with Crippen LogP contribution in [0.5, 0.6) is 0 Å². The summed E-state index contributed by atoms with van der Waals surface area (Å²) in [5.41, 5.74) is -1.20. The third-order valence-electron chi connectivity index (χ3n) is 5.92. The second-order valence-electron chi connectivity index (χ2n) is 7.38. The van der Waals surface area contributed by atoms with E-state index in [0.29, 0.717) is 19.6 Å². The molecule has 3 rings (SSSR count). The van der Waals surface area contributed by atoms with E-state index in [1.165, 1.54) is 0 Å². The maximum atomic E-state index is 12.7. The van der Waals surface area contributed by atoms with Crippen LogP contribution in [0.4, 0.5) is 0 Å². The fourth-order valence-electron chi connectivity index (χ4n) is 4.20. The van der Waals surface area contributed by atoms with Gasteiger partial charge in [0.2, 0.25) is 11.8 Å². The van der Waals surface area contributed by atoms with Crippen molar-refractivity contribution in [3.8, 4) is 0 Å². The molecule has 3 fully saturated rings. The van der Waals surface area contributed by atoms with Crippen LogP contribution in [0.15, 0.2) is 12.7 Å². The van der Waals surface area contributed by atoms with E-state index in [9.17, 15) is 14.7 Å². The zero-order chi connectivity index (χ0) is 16.0. The van der Waals surface area contributed by atoms with E-state index < -0.39 is 11.0 Å². The first kappa shape index (κ1) is 15.5. The minimum absolute atomic E-state index is 0.000829. The molecular formula is C17H26N2O3. The second kappa shape index (κ2) is 5.37. The minimum atomic E-state index is -0.787. The first-order valence-corrected chi connectivity index (χ1v) is 8.31. The average molecular weight is 306 g/mol. The number of likely N-dealkylation sites (tertiary alicyclic amines) is 2. The fraction of sp³-hybridized carbons (Fsp3) is 0.765. The Morgan fingerprint density at radius 2 is 2.18 bits per heavy atom. The summed E-state index contributed by atoms with van der Waals surface area (Å²) in [6.07, 6.45) is 5.22. The van der Waals surface area contributed by atoms with Gasteiger partial charge in [-0.15, -0.1) is 6.58 Å². The van der Waals surface area contributed by atoms with Gasteiger partial charge >= 0.3 is 0 Å². The van der Waals surface area contributed by atoms with Crippen molar-refractivity contribution in [1.29, 1.82) is 0 Å². The second-order valence-corrected chi connectivity index (χ2v) is 7.38. The lowest BCUT2D eigenvalue weighted by Crippen LogP contribution is -2.44. The largest absolute Gasteiger partial charge is 0.389 e. The highest BCUT2D eigenvalue weighted by molar-refractivity contribution is 5.88. The van der Waals surface area contributed by atoms with Gasteiger partial charge in [-0.1, -0.05) is 13.0 Å². The van der Waals surface area contributed by atoms with Crippen molar-refractivity contribution in [1.82, 2.24) is 9.80 Å². The molecule has 0 unspecified atom stereocenters. The van der Waals surface area contributed by atoms with Gasteiger partial charge < -0.3 is 14.9 Å². The normalized spacial score (nSPS) is 33.4. The van der Waals surface area contributed by atoms with E-state index in [2.05, 4.69) is 13.5 Å². The van der Waals surface area contributed by atoms with Gasteiger partial charge in [0.05, 0.1) is 17.4 Å². The van der Waals surface area contributed by atoms with Crippen LogP contribution in [0.1, 0.15) is 39.0 Å². The summed E-state index contributed by atoms with van der Waals surface area (Å²) in [6.45, 7) is 8.25. The van der Waals surface area contributed by atoms with E-state index in [1.54, 1.807) is 11.0 Å². The number of hydrogen-bond donors (Lipinski definition) is 1. The van der Waals surface area contributed by atoms with Crippen molar-refractivity contribution in [2.45, 2.75) is 44.6 Å². The molecule has 2 heterocycles. The Kier molecular flexibility index (Phi) is 3.79. The van der Waals surface area contributed by atoms with Gasteiger partial charge in [0, 0.05) is 26.2 Å². The zero-order valence-electron chi connectivity index (χ0n) is 13.4. The quantitative estimate of drug-likeness (QED) is 0.793. The highest BCUT2D eigenvalue weighted by atomic mass is 16.3. The lowest BCUT2D eigenvalue weighted by molar-refractivity contribution is -0.140. The summed E-state index contributed by atoms with van der Waals surface area (Å²) < 4.78 is 0. The number of amides is 2. The third-order valence-corrected chi connectivity index (χ3v) is 5.92. The smallest absolute Gasteiger partial charge is 0.231 e. The Morgan fingerprint density at radius 3 is 2.77 bits per heavy atom. The van der Waals surface area contributed by atoms with Crippen LogP contribution >= 0.6 is 0 Å². The molecule has 0 aromatic rings. The molecule has 22 heavy (non-hydrogen) atoms. The molecule has 5 nitrogen and oxygen atoms in total. The Balaban J connectivity index is 1.68. The molecule has 0 radical (unpaired) electrons. The zero-order valence-corrected chi connectivity index (χ0v) is 13.4. The molecule has 1 saturated carbocycles. The first-order valence-electron chi connectivity index (χ1n) is 8.31. The van der Waals surface area contributed by atoms with Crippen LogP contribution in [0.25, 0.3) is 0 Å². The maximum absolute atomic E-state index is 12.7. The molecule has 3 aliphatic rings. The Labute approximate surface area is 132 Å². The lowest BCUT2D eigenvalue weighted by atomic mass is 9.77. The van der Waals surface area contributed by atoms with Crippen molar-refractivity contribution in [2.75, 3.05) is 26.2 Å². The van der Waals surface area contributed by atoms with Crippen LogP contribution in [0.3, 0.4) is 0 Å². The van der Waals surface area contributed by atoms with E-state index in [0.717, 1.165) is 32.2 Å². The van der Waals surface area contributed by atoms with Crippen molar-refractivity contribution in [3.63, 3.8) is 0 Å². The Bertz CT molecular complexity index is 500. The minimum Gasteiger partial charge on any atom is -0.389 e. The van der Waals surface area contributed by atoms with E-state index in [-0.39, 0.29) is 24.2 Å². The molecule has 0 aromatic carbocycles. The topological polar surface area (TPSA) is 60.9 Å². The lowest BCUT2D eigenvalue weighted by Gasteiger charge is -2.37. The molecule has 1 N–H and O–H groups in total. The monoisotopic (exact) mass is 306 g/mol. The summed E-state index contributed by atoms with van der Waals surface area (Å²) in [6, 6.07) is 0. The van der Waals surface area contributed by atoms with Crippen molar-refractivity contribution >= 4 is 11.8 Å². The summed E-state index contributed by atoms with van der Waals surface area (Å²) >= 11 is 0. The molecule has 2 amide bonds. The number of rotatable bonds is 4. The SMILES string of the molecule is C=CCN1CC[C@]2(CN(C(=O)CC3(O)CCC3)C[C@H]2C)C1=O. The summed E-state index contributed by atoms with van der Waals surface area (Å²) in [4.78, 5) is 28.9. The number of hydrogen-bond acceptors (Lipinski definition) is 3. The van der Waals surface area contributed by atoms with Gasteiger partial charge in [-0.2, -0.15) is 0 Å². The van der Waals surface area contributed by atoms with Gasteiger partial charge in [0.25, 0.3) is 0 Å². The van der Waals surface area contributed by atoms with Crippen LogP contribution in [0.2, 0.25) is 0 Å². The molecular weight excluding hydrogens is 280 g/mol. The number of nitrogens with zero attached hydrogens (tertiary/aromatic N) is 2. The Hall–Kier alpha value is -1.36. The highest BCUT2D eigenvalue weighted by Crippen LogP contribution is 2.45. The van der Waals surface area contributed by atoms with Crippen LogP contribution in [-0.2, 0) is 9.59 Å². The average Bonchev–Trinajstić information content (AvgIpc) is 2.94. The molecule has 0 bridgehead atoms. The summed E-state index contributed by atoms with van der Waals surface area (Å²) in [5, 5.41) is 10.2. The molecule has 2 atom stereocenters. The van der Waals surface area contributed by atoms with Crippen LogP contribution in [-0.4, -0.2) is 58.5 Å². The molecule has 2 saturated heterocycles. The predicted molar refractivity (Wildman–Crippen MR) is 83.0 cm³/mol. The van der Waals surface area contributed by atoms with Gasteiger partial charge in [-0.05, 0) is 31.6 Å². The molecule has 2 aliphatic heterocycles. The number of carbonyl (C=O) groups is 2. The third kappa shape index (κ3) is 2.35. The number of aliphatic hydroxyl groups is 1. The van der Waals surface area contributed by atoms with Gasteiger partial charge in [0.1, 0.15) is 0 Å². The Morgan fingerprint density at radius 1 is 1.45 bits per heavy atom. The van der Waals surface area contributed by atoms with Gasteiger partial charge in [-0.3, -0.25) is 9.59 Å². The molecule has 1 aliphatic carbocycles. The van der Waals surface area contributed by atoms with E-state index in [1.807, 2.05) is 4.90 Å². The van der Waals surface area contributed by atoms with Gasteiger partial charge in [-0.25, -0.2) is 0 Å². The first-order chi connectivity index (χ1) is 10.4. The molecule has 122 valence electrons. The van der Waals surface area contributed by atoms with Crippen LogP contribution in [0, 0.1) is 11.3 Å². The highest BCUT2D eigenvalue weighted by Gasteiger charge is 2.56. The standard InChI is InChI=1S/C17H26N2O3/c1-3-8-18-9-7-17(15(18)21)12-19(11-13(17)2)14(20)10-16(22)5-4-6-16/h3,13,22H,1,4-12H2,2H3/t13-,17-/m1/s1. The summed E-state index contributed by atoms with van der Waals surface area (Å²) in [5.74, 6) is 0.341. The van der Waals surface area contributed by atoms with Crippen LogP contribution < -0.4 is 0 Å². The van der Waals surface area contributed by atoms with Crippen molar-refractivity contribution in [3.05, 3.63) is 12.7 Å². The van der Waals surface area contributed by atoms with E-state index >= 15 is 0 Å². The maximum Gasteiger partial charge on any atom is 0.231 e. The van der Waals surface area contributed by atoms with E-state index in [4.69, 9.17) is 0 Å². The van der Waals surface area contributed by atoms with Gasteiger partial charge in [0.15, 0.2) is 0 Å². The summed E-state index contributed by atoms with van der Waals surface area (Å²) in [7, 11) is 0.